The van der Waals surface area contributed by atoms with Gasteiger partial charge in [0.25, 0.3) is 0 Å². The minimum Gasteiger partial charge on any atom is -0.314 e. The van der Waals surface area contributed by atoms with E-state index in [0.717, 1.165) is 36.3 Å². The fourth-order valence-electron chi connectivity index (χ4n) is 4.44. The van der Waals surface area contributed by atoms with Crippen LogP contribution in [0.2, 0.25) is 0 Å². The average Bonchev–Trinajstić information content (AvgIpc) is 2.96. The minimum absolute atomic E-state index is 0.820. The SMILES string of the molecule is CCNC(CC(CC)CC)C1CC2CCC1C2. The highest BCUT2D eigenvalue weighted by Gasteiger charge is 2.42. The zero-order valence-corrected chi connectivity index (χ0v) is 12.0. The zero-order valence-electron chi connectivity index (χ0n) is 12.0. The van der Waals surface area contributed by atoms with E-state index < -0.39 is 0 Å². The van der Waals surface area contributed by atoms with Gasteiger partial charge >= 0.3 is 0 Å². The lowest BCUT2D eigenvalue weighted by Crippen LogP contribution is -2.40. The van der Waals surface area contributed by atoms with E-state index in [-0.39, 0.29) is 0 Å². The van der Waals surface area contributed by atoms with Gasteiger partial charge in [0, 0.05) is 6.04 Å². The fraction of sp³-hybridized carbons (Fsp3) is 1.00. The summed E-state index contributed by atoms with van der Waals surface area (Å²) in [7, 11) is 0. The molecule has 0 aromatic rings. The van der Waals surface area contributed by atoms with Crippen LogP contribution in [0.25, 0.3) is 0 Å². The molecule has 1 N–H and O–H groups in total. The van der Waals surface area contributed by atoms with E-state index in [1.54, 1.807) is 6.42 Å². The maximum absolute atomic E-state index is 3.81. The number of rotatable bonds is 7. The second-order valence-electron chi connectivity index (χ2n) is 6.42. The molecule has 1 nitrogen and oxygen atoms in total. The van der Waals surface area contributed by atoms with Gasteiger partial charge in [-0.05, 0) is 55.9 Å². The minimum atomic E-state index is 0.820. The molecule has 2 rings (SSSR count). The average molecular weight is 237 g/mol. The van der Waals surface area contributed by atoms with Crippen molar-refractivity contribution in [3.05, 3.63) is 0 Å². The summed E-state index contributed by atoms with van der Waals surface area (Å²) in [6, 6.07) is 0.820. The van der Waals surface area contributed by atoms with Crippen molar-refractivity contribution in [3.63, 3.8) is 0 Å². The van der Waals surface area contributed by atoms with Crippen molar-refractivity contribution in [1.29, 1.82) is 0 Å². The van der Waals surface area contributed by atoms with Crippen molar-refractivity contribution in [2.45, 2.75) is 71.8 Å². The summed E-state index contributed by atoms with van der Waals surface area (Å²) in [5.41, 5.74) is 0. The Hall–Kier alpha value is -0.0400. The molecular weight excluding hydrogens is 206 g/mol. The molecule has 2 fully saturated rings. The van der Waals surface area contributed by atoms with Gasteiger partial charge in [-0.2, -0.15) is 0 Å². The summed E-state index contributed by atoms with van der Waals surface area (Å²) in [6.45, 7) is 8.14. The third kappa shape index (κ3) is 3.05. The third-order valence-corrected chi connectivity index (χ3v) is 5.52. The van der Waals surface area contributed by atoms with Gasteiger partial charge in [0.1, 0.15) is 0 Å². The molecule has 0 heterocycles. The molecule has 2 aliphatic rings. The summed E-state index contributed by atoms with van der Waals surface area (Å²) in [6.07, 6.45) is 10.3. The van der Waals surface area contributed by atoms with Crippen LogP contribution < -0.4 is 5.32 Å². The fourth-order valence-corrected chi connectivity index (χ4v) is 4.44. The quantitative estimate of drug-likeness (QED) is 0.699. The predicted octanol–water partition coefficient (Wildman–Crippen LogP) is 4.23. The molecule has 1 heteroatoms. The van der Waals surface area contributed by atoms with Gasteiger partial charge in [0.15, 0.2) is 0 Å². The van der Waals surface area contributed by atoms with Gasteiger partial charge < -0.3 is 5.32 Å². The summed E-state index contributed by atoms with van der Waals surface area (Å²) >= 11 is 0. The second kappa shape index (κ2) is 6.22. The first kappa shape index (κ1) is 13.4. The lowest BCUT2D eigenvalue weighted by molar-refractivity contribution is 0.215. The maximum atomic E-state index is 3.81. The lowest BCUT2D eigenvalue weighted by atomic mass is 9.79. The van der Waals surface area contributed by atoms with Crippen LogP contribution in [0.4, 0.5) is 0 Å². The Morgan fingerprint density at radius 1 is 1.06 bits per heavy atom. The monoisotopic (exact) mass is 237 g/mol. The summed E-state index contributed by atoms with van der Waals surface area (Å²) in [5, 5.41) is 3.81. The lowest BCUT2D eigenvalue weighted by Gasteiger charge is -2.33. The molecule has 0 aromatic carbocycles. The molecule has 2 bridgehead atoms. The summed E-state index contributed by atoms with van der Waals surface area (Å²) < 4.78 is 0. The van der Waals surface area contributed by atoms with Crippen molar-refractivity contribution in [2.75, 3.05) is 6.54 Å². The van der Waals surface area contributed by atoms with Crippen LogP contribution in [0, 0.1) is 23.7 Å². The Bertz CT molecular complexity index is 222. The van der Waals surface area contributed by atoms with Crippen LogP contribution in [0.3, 0.4) is 0 Å². The topological polar surface area (TPSA) is 12.0 Å². The highest BCUT2D eigenvalue weighted by Crippen LogP contribution is 2.50. The van der Waals surface area contributed by atoms with E-state index in [4.69, 9.17) is 0 Å². The van der Waals surface area contributed by atoms with Crippen molar-refractivity contribution in [2.24, 2.45) is 23.7 Å². The second-order valence-corrected chi connectivity index (χ2v) is 6.42. The Labute approximate surface area is 108 Å². The van der Waals surface area contributed by atoms with Crippen molar-refractivity contribution >= 4 is 0 Å². The van der Waals surface area contributed by atoms with Crippen LogP contribution in [-0.2, 0) is 0 Å². The first-order valence-electron chi connectivity index (χ1n) is 8.01. The molecule has 0 spiro atoms. The predicted molar refractivity (Wildman–Crippen MR) is 75.1 cm³/mol. The summed E-state index contributed by atoms with van der Waals surface area (Å²) in [5.74, 6) is 4.11. The van der Waals surface area contributed by atoms with E-state index in [2.05, 4.69) is 26.1 Å². The Morgan fingerprint density at radius 3 is 2.29 bits per heavy atom. The van der Waals surface area contributed by atoms with E-state index in [0.29, 0.717) is 0 Å². The molecule has 2 saturated carbocycles. The third-order valence-electron chi connectivity index (χ3n) is 5.52. The van der Waals surface area contributed by atoms with Crippen molar-refractivity contribution in [3.8, 4) is 0 Å². The molecule has 0 amide bonds. The number of hydrogen-bond acceptors (Lipinski definition) is 1. The highest BCUT2D eigenvalue weighted by molar-refractivity contribution is 4.95. The molecule has 0 aromatic heterocycles. The van der Waals surface area contributed by atoms with E-state index in [9.17, 15) is 0 Å². The zero-order chi connectivity index (χ0) is 12.3. The van der Waals surface area contributed by atoms with Crippen LogP contribution in [0.15, 0.2) is 0 Å². The number of hydrogen-bond donors (Lipinski definition) is 1. The molecule has 4 atom stereocenters. The largest absolute Gasteiger partial charge is 0.314 e. The Morgan fingerprint density at radius 2 is 1.82 bits per heavy atom. The van der Waals surface area contributed by atoms with Crippen LogP contribution in [0.1, 0.15) is 65.7 Å². The molecule has 0 saturated heterocycles. The maximum Gasteiger partial charge on any atom is 0.0101 e. The molecule has 0 radical (unpaired) electrons. The molecule has 2 aliphatic carbocycles. The number of fused-ring (bicyclic) bond motifs is 2. The van der Waals surface area contributed by atoms with E-state index >= 15 is 0 Å². The van der Waals surface area contributed by atoms with Crippen LogP contribution in [0.5, 0.6) is 0 Å². The smallest absolute Gasteiger partial charge is 0.0101 e. The van der Waals surface area contributed by atoms with Crippen LogP contribution >= 0.6 is 0 Å². The van der Waals surface area contributed by atoms with Crippen molar-refractivity contribution < 1.29 is 0 Å². The number of nitrogens with one attached hydrogen (secondary N) is 1. The van der Waals surface area contributed by atoms with Crippen molar-refractivity contribution in [1.82, 2.24) is 5.32 Å². The van der Waals surface area contributed by atoms with Gasteiger partial charge in [-0.3, -0.25) is 0 Å². The Kier molecular flexibility index (Phi) is 4.90. The standard InChI is InChI=1S/C16H31N/c1-4-12(5-2)11-16(17-6-3)15-10-13-7-8-14(15)9-13/h12-17H,4-11H2,1-3H3. The molecule has 17 heavy (non-hydrogen) atoms. The first-order chi connectivity index (χ1) is 8.28. The normalized spacial score (nSPS) is 33.5. The van der Waals surface area contributed by atoms with E-state index in [1.807, 2.05) is 0 Å². The van der Waals surface area contributed by atoms with Gasteiger partial charge in [0.2, 0.25) is 0 Å². The molecule has 0 aliphatic heterocycles. The first-order valence-corrected chi connectivity index (χ1v) is 8.01. The van der Waals surface area contributed by atoms with Gasteiger partial charge in [-0.25, -0.2) is 0 Å². The van der Waals surface area contributed by atoms with Gasteiger partial charge in [-0.1, -0.05) is 40.0 Å². The Balaban J connectivity index is 1.92. The van der Waals surface area contributed by atoms with E-state index in [1.165, 1.54) is 38.5 Å². The highest BCUT2D eigenvalue weighted by atomic mass is 14.9. The van der Waals surface area contributed by atoms with Crippen LogP contribution in [-0.4, -0.2) is 12.6 Å². The van der Waals surface area contributed by atoms with Gasteiger partial charge in [-0.15, -0.1) is 0 Å². The molecule has 4 unspecified atom stereocenters. The molecule has 100 valence electrons. The van der Waals surface area contributed by atoms with Gasteiger partial charge in [0.05, 0.1) is 0 Å². The molecular formula is C16H31N. The summed E-state index contributed by atoms with van der Waals surface area (Å²) in [4.78, 5) is 0.